The molecule has 1 unspecified atom stereocenters. The van der Waals surface area contributed by atoms with Crippen molar-refractivity contribution in [3.63, 3.8) is 0 Å². The molecule has 6 heteroatoms. The highest BCUT2D eigenvalue weighted by Crippen LogP contribution is 2.40. The molecule has 1 fully saturated rings. The lowest BCUT2D eigenvalue weighted by Crippen LogP contribution is -2.39. The van der Waals surface area contributed by atoms with E-state index >= 15 is 0 Å². The molecule has 0 saturated heterocycles. The third-order valence-corrected chi connectivity index (χ3v) is 6.65. The van der Waals surface area contributed by atoms with Gasteiger partial charge in [-0.2, -0.15) is 0 Å². The van der Waals surface area contributed by atoms with E-state index in [1.165, 1.54) is 48.3 Å². The van der Waals surface area contributed by atoms with Crippen molar-refractivity contribution in [3.05, 3.63) is 16.0 Å². The molecule has 1 aromatic rings. The molecule has 1 heterocycles. The minimum absolute atomic E-state index is 0.210. The highest BCUT2D eigenvalue weighted by atomic mass is 32.1. The molecule has 3 amide bonds. The number of nitrogens with one attached hydrogen (secondary N) is 2. The molecule has 0 aliphatic heterocycles. The second-order valence-electron chi connectivity index (χ2n) is 7.40. The van der Waals surface area contributed by atoms with Gasteiger partial charge in [-0.25, -0.2) is 4.79 Å². The van der Waals surface area contributed by atoms with Gasteiger partial charge in [-0.15, -0.1) is 11.3 Å². The van der Waals surface area contributed by atoms with Crippen LogP contribution in [0.1, 0.15) is 79.1 Å². The first-order chi connectivity index (χ1) is 12.1. The van der Waals surface area contributed by atoms with Crippen LogP contribution in [0.4, 0.5) is 9.80 Å². The van der Waals surface area contributed by atoms with E-state index in [0.29, 0.717) is 16.5 Å². The summed E-state index contributed by atoms with van der Waals surface area (Å²) in [4.78, 5) is 25.6. The number of thiophene rings is 1. The molecule has 1 atom stereocenters. The largest absolute Gasteiger partial charge is 0.365 e. The second kappa shape index (κ2) is 8.21. The topological polar surface area (TPSA) is 84.2 Å². The van der Waals surface area contributed by atoms with Crippen molar-refractivity contribution in [1.29, 1.82) is 0 Å². The third-order valence-electron chi connectivity index (χ3n) is 5.48. The Morgan fingerprint density at radius 2 is 1.96 bits per heavy atom. The van der Waals surface area contributed by atoms with Crippen molar-refractivity contribution in [2.45, 2.75) is 77.2 Å². The minimum Gasteiger partial charge on any atom is -0.365 e. The van der Waals surface area contributed by atoms with Crippen molar-refractivity contribution in [3.8, 4) is 0 Å². The Morgan fingerprint density at radius 1 is 1.20 bits per heavy atom. The number of primary amides is 1. The molecule has 0 bridgehead atoms. The highest BCUT2D eigenvalue weighted by molar-refractivity contribution is 7.17. The predicted octanol–water partition coefficient (Wildman–Crippen LogP) is 4.21. The Balaban J connectivity index is 1.72. The summed E-state index contributed by atoms with van der Waals surface area (Å²) < 4.78 is 0. The minimum atomic E-state index is -0.431. The van der Waals surface area contributed by atoms with Gasteiger partial charge in [0, 0.05) is 10.9 Å². The summed E-state index contributed by atoms with van der Waals surface area (Å²) >= 11 is 1.54. The monoisotopic (exact) mass is 363 g/mol. The summed E-state index contributed by atoms with van der Waals surface area (Å²) in [6, 6.07) is 0.0346. The van der Waals surface area contributed by atoms with Crippen LogP contribution in [0.3, 0.4) is 0 Å². The first kappa shape index (κ1) is 18.2. The molecule has 5 nitrogen and oxygen atoms in total. The van der Waals surface area contributed by atoms with E-state index in [1.54, 1.807) is 0 Å². The van der Waals surface area contributed by atoms with Crippen molar-refractivity contribution >= 4 is 28.3 Å². The van der Waals surface area contributed by atoms with Gasteiger partial charge in [0.15, 0.2) is 0 Å². The van der Waals surface area contributed by atoms with Crippen LogP contribution < -0.4 is 16.4 Å². The molecular formula is C19H29N3O2S. The van der Waals surface area contributed by atoms with Crippen LogP contribution in [-0.4, -0.2) is 18.0 Å². The number of urea groups is 1. The number of carbonyl (C=O) groups is 2. The molecule has 1 aromatic heterocycles. The molecule has 3 rings (SSSR count). The second-order valence-corrected chi connectivity index (χ2v) is 8.51. The summed E-state index contributed by atoms with van der Waals surface area (Å²) in [5.74, 6) is 0.250. The van der Waals surface area contributed by atoms with Gasteiger partial charge < -0.3 is 11.1 Å². The number of hydrogen-bond donors (Lipinski definition) is 3. The van der Waals surface area contributed by atoms with Crippen LogP contribution in [0.15, 0.2) is 0 Å². The lowest BCUT2D eigenvalue weighted by atomic mass is 9.84. The fourth-order valence-corrected chi connectivity index (χ4v) is 5.59. The number of anilines is 1. The predicted molar refractivity (Wildman–Crippen MR) is 102 cm³/mol. The van der Waals surface area contributed by atoms with Gasteiger partial charge in [0.1, 0.15) is 5.00 Å². The molecule has 25 heavy (non-hydrogen) atoms. The molecule has 138 valence electrons. The lowest BCUT2D eigenvalue weighted by Gasteiger charge is -2.22. The molecule has 4 N–H and O–H groups in total. The zero-order chi connectivity index (χ0) is 17.8. The Hall–Kier alpha value is -1.56. The van der Waals surface area contributed by atoms with E-state index in [-0.39, 0.29) is 12.1 Å². The van der Waals surface area contributed by atoms with Gasteiger partial charge in [-0.1, -0.05) is 39.0 Å². The molecule has 1 saturated carbocycles. The number of nitrogens with two attached hydrogens (primary N) is 1. The molecule has 2 aliphatic rings. The van der Waals surface area contributed by atoms with Crippen molar-refractivity contribution in [2.75, 3.05) is 5.32 Å². The lowest BCUT2D eigenvalue weighted by molar-refractivity contribution is 0.1000. The van der Waals surface area contributed by atoms with E-state index in [1.807, 2.05) is 0 Å². The third kappa shape index (κ3) is 4.35. The Labute approximate surface area is 153 Å². The maximum absolute atomic E-state index is 12.4. The van der Waals surface area contributed by atoms with Crippen LogP contribution in [0.25, 0.3) is 0 Å². The fraction of sp³-hybridized carbons (Fsp3) is 0.684. The molecule has 0 radical (unpaired) electrons. The van der Waals surface area contributed by atoms with Crippen LogP contribution in [0, 0.1) is 5.92 Å². The number of hydrogen-bond acceptors (Lipinski definition) is 3. The Morgan fingerprint density at radius 3 is 2.64 bits per heavy atom. The van der Waals surface area contributed by atoms with Crippen molar-refractivity contribution in [1.82, 2.24) is 5.32 Å². The maximum atomic E-state index is 12.4. The molecule has 0 aromatic carbocycles. The number of amides is 3. The van der Waals surface area contributed by atoms with Gasteiger partial charge in [-0.3, -0.25) is 10.1 Å². The average molecular weight is 364 g/mol. The summed E-state index contributed by atoms with van der Waals surface area (Å²) in [6.45, 7) is 2.21. The van der Waals surface area contributed by atoms with E-state index in [0.717, 1.165) is 37.7 Å². The normalized spacial score (nSPS) is 20.8. The number of rotatable bonds is 5. The van der Waals surface area contributed by atoms with Crippen molar-refractivity contribution in [2.24, 2.45) is 11.7 Å². The van der Waals surface area contributed by atoms with Gasteiger partial charge in [0.25, 0.3) is 5.91 Å². The quantitative estimate of drug-likeness (QED) is 0.732. The summed E-state index contributed by atoms with van der Waals surface area (Å²) in [5, 5.41) is 6.59. The Bertz CT molecular complexity index is 635. The van der Waals surface area contributed by atoms with Crippen LogP contribution in [0.2, 0.25) is 0 Å². The Kier molecular flexibility index (Phi) is 5.99. The number of carbonyl (C=O) groups excluding carboxylic acids is 2. The van der Waals surface area contributed by atoms with Gasteiger partial charge in [-0.05, 0) is 43.6 Å². The summed E-state index contributed by atoms with van der Waals surface area (Å²) in [7, 11) is 0. The fourth-order valence-electron chi connectivity index (χ4n) is 4.23. The van der Waals surface area contributed by atoms with Crippen LogP contribution in [0.5, 0.6) is 0 Å². The zero-order valence-electron chi connectivity index (χ0n) is 15.0. The van der Waals surface area contributed by atoms with Gasteiger partial charge in [0.05, 0.1) is 5.56 Å². The van der Waals surface area contributed by atoms with Gasteiger partial charge >= 0.3 is 6.03 Å². The maximum Gasteiger partial charge on any atom is 0.320 e. The molecule has 0 spiro atoms. The number of fused-ring (bicyclic) bond motifs is 1. The smallest absolute Gasteiger partial charge is 0.320 e. The SMILES string of the molecule is CCCC1CCc2c(sc(NC(=O)NC3CCCCC3)c2C(N)=O)C1. The summed E-state index contributed by atoms with van der Waals surface area (Å²) in [6.07, 6.45) is 11.1. The standard InChI is InChI=1S/C19H29N3O2S/c1-2-6-12-9-10-14-15(11-12)25-18(16(14)17(20)23)22-19(24)21-13-7-4-3-5-8-13/h12-13H,2-11H2,1H3,(H2,20,23)(H2,21,22,24). The first-order valence-electron chi connectivity index (χ1n) is 9.60. The first-order valence-corrected chi connectivity index (χ1v) is 10.4. The zero-order valence-corrected chi connectivity index (χ0v) is 15.8. The molecule has 2 aliphatic carbocycles. The van der Waals surface area contributed by atoms with Crippen LogP contribution >= 0.6 is 11.3 Å². The van der Waals surface area contributed by atoms with Crippen LogP contribution in [-0.2, 0) is 12.8 Å². The average Bonchev–Trinajstić information content (AvgIpc) is 2.93. The van der Waals surface area contributed by atoms with Gasteiger partial charge in [0.2, 0.25) is 0 Å². The van der Waals surface area contributed by atoms with E-state index in [2.05, 4.69) is 17.6 Å². The van der Waals surface area contributed by atoms with Crippen molar-refractivity contribution < 1.29 is 9.59 Å². The van der Waals surface area contributed by atoms with E-state index in [4.69, 9.17) is 5.73 Å². The molecular weight excluding hydrogens is 334 g/mol. The summed E-state index contributed by atoms with van der Waals surface area (Å²) in [5.41, 5.74) is 7.24. The van der Waals surface area contributed by atoms with E-state index in [9.17, 15) is 9.59 Å². The highest BCUT2D eigenvalue weighted by Gasteiger charge is 2.28. The van der Waals surface area contributed by atoms with E-state index < -0.39 is 5.91 Å².